The van der Waals surface area contributed by atoms with Crippen molar-refractivity contribution in [2.75, 3.05) is 0 Å². The average Bonchev–Trinajstić information content (AvgIpc) is 3.36. The standard InChI is InChI=1S/2C10H9.C7H7.C4H6Si.Zr/c2*1-8-6-9-4-2-3-5-10(9)7-8;1-7-5-3-2-4-6-7;1-3-5-4-2;/h2*2-7H,1H3;2-6H,1H2;3-4H,1-2H2;/q3*-1;;+3. The number of benzene rings is 3. The minimum atomic E-state index is 0. The van der Waals surface area contributed by atoms with Crippen molar-refractivity contribution in [1.82, 2.24) is 0 Å². The second-order valence-electron chi connectivity index (χ2n) is 7.38. The summed E-state index contributed by atoms with van der Waals surface area (Å²) in [5.41, 5.74) is 7.45. The molecule has 2 heteroatoms. The predicted molar refractivity (Wildman–Crippen MR) is 146 cm³/mol. The molecule has 0 amide bonds. The van der Waals surface area contributed by atoms with Gasteiger partial charge in [0.15, 0.2) is 0 Å². The second kappa shape index (κ2) is 16.0. The van der Waals surface area contributed by atoms with Gasteiger partial charge in [-0.05, 0) is 0 Å². The molecule has 0 aromatic heterocycles. The van der Waals surface area contributed by atoms with E-state index in [0.29, 0.717) is 0 Å². The fourth-order valence-corrected chi connectivity index (χ4v) is 3.34. The Kier molecular flexibility index (Phi) is 13.8. The Morgan fingerprint density at radius 3 is 1.36 bits per heavy atom. The molecule has 5 aromatic rings. The molecule has 0 aliphatic rings. The first-order valence-electron chi connectivity index (χ1n) is 10.6. The fourth-order valence-electron chi connectivity index (χ4n) is 3.17. The molecule has 0 unspecified atom stereocenters. The average molecular weight is 523 g/mol. The van der Waals surface area contributed by atoms with E-state index in [0.717, 1.165) is 15.1 Å². The topological polar surface area (TPSA) is 0 Å². The first-order valence-corrected chi connectivity index (χ1v) is 11.8. The number of aryl methyl sites for hydroxylation is 2. The molecular formula is C31H31SiZr. The predicted octanol–water partition coefficient (Wildman–Crippen LogP) is 8.58. The van der Waals surface area contributed by atoms with Crippen LogP contribution in [0.15, 0.2) is 128 Å². The Hall–Kier alpha value is -2.67. The third kappa shape index (κ3) is 10.7. The maximum absolute atomic E-state index is 3.72. The Bertz CT molecular complexity index is 1070. The van der Waals surface area contributed by atoms with Crippen LogP contribution in [0.3, 0.4) is 0 Å². The molecule has 0 spiro atoms. The molecule has 0 N–H and O–H groups in total. The van der Waals surface area contributed by atoms with Crippen LogP contribution in [0.5, 0.6) is 0 Å². The summed E-state index contributed by atoms with van der Waals surface area (Å²) in [4.78, 5) is 0. The maximum Gasteiger partial charge on any atom is 3.00 e. The first-order chi connectivity index (χ1) is 15.5. The van der Waals surface area contributed by atoms with Crippen LogP contribution in [0.25, 0.3) is 21.5 Å². The zero-order valence-corrected chi connectivity index (χ0v) is 23.0. The van der Waals surface area contributed by atoms with Crippen molar-refractivity contribution in [1.29, 1.82) is 0 Å². The molecule has 5 aromatic carbocycles. The minimum absolute atomic E-state index is 0. The van der Waals surface area contributed by atoms with E-state index in [1.54, 1.807) is 0 Å². The molecule has 0 aliphatic carbocycles. The number of hydrogen-bond acceptors (Lipinski definition) is 0. The van der Waals surface area contributed by atoms with Gasteiger partial charge in [0.25, 0.3) is 0 Å². The van der Waals surface area contributed by atoms with E-state index >= 15 is 0 Å². The van der Waals surface area contributed by atoms with Gasteiger partial charge in [-0.25, -0.2) is 0 Å². The van der Waals surface area contributed by atoms with Crippen molar-refractivity contribution < 1.29 is 26.2 Å². The van der Waals surface area contributed by atoms with Gasteiger partial charge in [0.2, 0.25) is 0 Å². The second-order valence-corrected chi connectivity index (χ2v) is 8.53. The van der Waals surface area contributed by atoms with Gasteiger partial charge in [-0.1, -0.05) is 32.0 Å². The molecule has 0 saturated carbocycles. The third-order valence-electron chi connectivity index (χ3n) is 4.60. The zero-order chi connectivity index (χ0) is 23.2. The molecule has 0 fully saturated rings. The van der Waals surface area contributed by atoms with E-state index in [4.69, 9.17) is 0 Å². The number of rotatable bonds is 2. The quantitative estimate of drug-likeness (QED) is 0.161. The van der Waals surface area contributed by atoms with E-state index < -0.39 is 0 Å². The Balaban J connectivity index is 0.000000226. The third-order valence-corrected chi connectivity index (χ3v) is 5.07. The summed E-state index contributed by atoms with van der Waals surface area (Å²) < 4.78 is 0. The molecule has 0 nitrogen and oxygen atoms in total. The van der Waals surface area contributed by atoms with Crippen LogP contribution in [0.1, 0.15) is 16.7 Å². The summed E-state index contributed by atoms with van der Waals surface area (Å²) in [6, 6.07) is 35.5. The number of hydrogen-bond donors (Lipinski definition) is 0. The van der Waals surface area contributed by atoms with Crippen molar-refractivity contribution in [2.24, 2.45) is 0 Å². The largest absolute Gasteiger partial charge is 3.00 e. The molecule has 163 valence electrons. The van der Waals surface area contributed by atoms with Crippen molar-refractivity contribution in [3.8, 4) is 0 Å². The zero-order valence-electron chi connectivity index (χ0n) is 19.6. The Labute approximate surface area is 221 Å². The molecule has 0 saturated heterocycles. The van der Waals surface area contributed by atoms with Crippen molar-refractivity contribution in [3.05, 3.63) is 151 Å². The summed E-state index contributed by atoms with van der Waals surface area (Å²) in [6.45, 7) is 15.0. The summed E-state index contributed by atoms with van der Waals surface area (Å²) in [7, 11) is 0.725. The van der Waals surface area contributed by atoms with E-state index in [1.807, 2.05) is 41.7 Å². The van der Waals surface area contributed by atoms with Crippen LogP contribution < -0.4 is 0 Å². The van der Waals surface area contributed by atoms with Gasteiger partial charge < -0.3 is 0 Å². The molecule has 0 bridgehead atoms. The summed E-state index contributed by atoms with van der Waals surface area (Å²) >= 11 is 0. The van der Waals surface area contributed by atoms with Crippen LogP contribution in [-0.4, -0.2) is 9.52 Å². The summed E-state index contributed by atoms with van der Waals surface area (Å²) in [6.07, 6.45) is 0. The van der Waals surface area contributed by atoms with Gasteiger partial charge in [0, 0.05) is 0 Å². The van der Waals surface area contributed by atoms with Crippen molar-refractivity contribution in [3.63, 3.8) is 0 Å². The van der Waals surface area contributed by atoms with E-state index in [1.165, 1.54) is 32.7 Å². The van der Waals surface area contributed by atoms with Crippen LogP contribution in [0.2, 0.25) is 0 Å². The van der Waals surface area contributed by atoms with Crippen LogP contribution in [0, 0.1) is 20.8 Å². The molecule has 3 radical (unpaired) electrons. The molecule has 33 heavy (non-hydrogen) atoms. The Morgan fingerprint density at radius 1 is 0.667 bits per heavy atom. The molecule has 0 heterocycles. The molecular weight excluding hydrogens is 492 g/mol. The summed E-state index contributed by atoms with van der Waals surface area (Å²) in [5.74, 6) is 0. The van der Waals surface area contributed by atoms with Gasteiger partial charge in [0.05, 0.1) is 9.52 Å². The van der Waals surface area contributed by atoms with Gasteiger partial charge in [0.1, 0.15) is 0 Å². The maximum atomic E-state index is 3.72. The number of fused-ring (bicyclic) bond motifs is 2. The van der Waals surface area contributed by atoms with E-state index in [2.05, 4.69) is 107 Å². The normalized spacial score (nSPS) is 9.15. The monoisotopic (exact) mass is 521 g/mol. The van der Waals surface area contributed by atoms with Crippen LogP contribution in [0.4, 0.5) is 0 Å². The molecule has 5 rings (SSSR count). The van der Waals surface area contributed by atoms with Crippen molar-refractivity contribution in [2.45, 2.75) is 13.8 Å². The van der Waals surface area contributed by atoms with Crippen LogP contribution in [-0.2, 0) is 26.2 Å². The van der Waals surface area contributed by atoms with E-state index in [-0.39, 0.29) is 26.2 Å². The SMILES string of the molecule is C=C[Si]C=C.Cc1cc2ccccc2[cH-]1.Cc1cc2ccccc2[cH-]1.[CH2-]c1ccccc1.[Zr+3]. The van der Waals surface area contributed by atoms with E-state index in [9.17, 15) is 0 Å². The van der Waals surface area contributed by atoms with Gasteiger partial charge >= 0.3 is 26.2 Å². The van der Waals surface area contributed by atoms with Crippen LogP contribution >= 0.6 is 0 Å². The molecule has 0 aliphatic heterocycles. The fraction of sp³-hybridized carbons (Fsp3) is 0.0645. The minimum Gasteiger partial charge on any atom is -0.199 e. The van der Waals surface area contributed by atoms with Crippen molar-refractivity contribution >= 4 is 31.1 Å². The summed E-state index contributed by atoms with van der Waals surface area (Å²) in [5, 5.41) is 5.39. The smallest absolute Gasteiger partial charge is 0.199 e. The van der Waals surface area contributed by atoms with Gasteiger partial charge in [-0.15, -0.1) is 118 Å². The Morgan fingerprint density at radius 2 is 1.06 bits per heavy atom. The molecule has 0 atom stereocenters. The van der Waals surface area contributed by atoms with Gasteiger partial charge in [-0.2, -0.15) is 36.8 Å². The first kappa shape index (κ1) is 28.4. The van der Waals surface area contributed by atoms with Gasteiger partial charge in [-0.3, -0.25) is 0 Å².